The molecule has 2 aromatic carbocycles. The lowest BCUT2D eigenvalue weighted by Crippen LogP contribution is -2.37. The fourth-order valence-corrected chi connectivity index (χ4v) is 5.50. The molecule has 2 heterocycles. The summed E-state index contributed by atoms with van der Waals surface area (Å²) < 4.78 is 15.7. The average molecular weight is 430 g/mol. The van der Waals surface area contributed by atoms with Gasteiger partial charge in [0.2, 0.25) is 0 Å². The van der Waals surface area contributed by atoms with Gasteiger partial charge in [-0.05, 0) is 48.1 Å². The second-order valence-corrected chi connectivity index (χ2v) is 8.93. The third-order valence-corrected chi connectivity index (χ3v) is 7.26. The zero-order valence-corrected chi connectivity index (χ0v) is 17.5. The normalized spacial score (nSPS) is 28.6. The molecule has 6 nitrogen and oxygen atoms in total. The molecule has 0 radical (unpaired) electrons. The SMILES string of the molecule is C[C@@H]1[C@H](O)C(O)[C@@]2(n3cc(-c4ccc(F)cc4)c4c(Nc5ccccc5)ncnc43)C[C@@H]12. The molecule has 162 valence electrons. The number of benzene rings is 2. The summed E-state index contributed by atoms with van der Waals surface area (Å²) >= 11 is 0. The van der Waals surface area contributed by atoms with Gasteiger partial charge in [-0.2, -0.15) is 0 Å². The third-order valence-electron chi connectivity index (χ3n) is 7.26. The lowest BCUT2D eigenvalue weighted by atomic mass is 10.0. The van der Waals surface area contributed by atoms with Crippen LogP contribution in [-0.4, -0.2) is 37.0 Å². The van der Waals surface area contributed by atoms with Crippen LogP contribution < -0.4 is 5.32 Å². The Morgan fingerprint density at radius 1 is 1.06 bits per heavy atom. The summed E-state index contributed by atoms with van der Waals surface area (Å²) in [5.41, 5.74) is 2.66. The Labute approximate surface area is 184 Å². The number of para-hydroxylation sites is 1. The van der Waals surface area contributed by atoms with Crippen LogP contribution >= 0.6 is 0 Å². The van der Waals surface area contributed by atoms with E-state index in [-0.39, 0.29) is 17.7 Å². The number of rotatable bonds is 4. The van der Waals surface area contributed by atoms with Crippen molar-refractivity contribution < 1.29 is 14.6 Å². The Morgan fingerprint density at radius 2 is 1.81 bits per heavy atom. The zero-order chi connectivity index (χ0) is 22.0. The van der Waals surface area contributed by atoms with Crippen LogP contribution in [0.2, 0.25) is 0 Å². The molecule has 0 bridgehead atoms. The van der Waals surface area contributed by atoms with Gasteiger partial charge in [-0.15, -0.1) is 0 Å². The van der Waals surface area contributed by atoms with Crippen molar-refractivity contribution >= 4 is 22.5 Å². The third kappa shape index (κ3) is 2.64. The van der Waals surface area contributed by atoms with Crippen molar-refractivity contribution in [3.63, 3.8) is 0 Å². The van der Waals surface area contributed by atoms with Crippen LogP contribution in [0.4, 0.5) is 15.9 Å². The largest absolute Gasteiger partial charge is 0.390 e. The smallest absolute Gasteiger partial charge is 0.146 e. The fourth-order valence-electron chi connectivity index (χ4n) is 5.50. The Bertz CT molecular complexity index is 1310. The van der Waals surface area contributed by atoms with Crippen molar-refractivity contribution in [1.82, 2.24) is 14.5 Å². The molecule has 32 heavy (non-hydrogen) atoms. The summed E-state index contributed by atoms with van der Waals surface area (Å²) in [5, 5.41) is 25.7. The highest BCUT2D eigenvalue weighted by Crippen LogP contribution is 2.65. The number of anilines is 2. The van der Waals surface area contributed by atoms with E-state index in [1.165, 1.54) is 18.5 Å². The van der Waals surface area contributed by atoms with Gasteiger partial charge in [-0.1, -0.05) is 37.3 Å². The van der Waals surface area contributed by atoms with Crippen molar-refractivity contribution in [2.75, 3.05) is 5.32 Å². The first-order valence-corrected chi connectivity index (χ1v) is 10.8. The van der Waals surface area contributed by atoms with E-state index in [2.05, 4.69) is 15.3 Å². The van der Waals surface area contributed by atoms with Crippen LogP contribution in [-0.2, 0) is 5.54 Å². The maximum atomic E-state index is 13.6. The number of aliphatic hydroxyl groups is 2. The number of nitrogens with zero attached hydrogens (tertiary/aromatic N) is 3. The molecular weight excluding hydrogens is 407 g/mol. The second kappa shape index (κ2) is 6.85. The van der Waals surface area contributed by atoms with Crippen LogP contribution in [0.3, 0.4) is 0 Å². The van der Waals surface area contributed by atoms with E-state index < -0.39 is 17.7 Å². The van der Waals surface area contributed by atoms with E-state index in [1.54, 1.807) is 12.1 Å². The Morgan fingerprint density at radius 3 is 2.50 bits per heavy atom. The lowest BCUT2D eigenvalue weighted by Gasteiger charge is -2.24. The summed E-state index contributed by atoms with van der Waals surface area (Å²) in [7, 11) is 0. The molecule has 4 aromatic rings. The Kier molecular flexibility index (Phi) is 4.15. The van der Waals surface area contributed by atoms with Gasteiger partial charge in [0.05, 0.1) is 17.0 Å². The van der Waals surface area contributed by atoms with Crippen molar-refractivity contribution in [1.29, 1.82) is 0 Å². The molecular formula is C25H23FN4O2. The topological polar surface area (TPSA) is 83.2 Å². The van der Waals surface area contributed by atoms with E-state index in [4.69, 9.17) is 0 Å². The molecule has 0 aliphatic heterocycles. The van der Waals surface area contributed by atoms with E-state index >= 15 is 0 Å². The minimum atomic E-state index is -0.875. The summed E-state index contributed by atoms with van der Waals surface area (Å²) in [4.78, 5) is 9.10. The van der Waals surface area contributed by atoms with E-state index in [1.807, 2.05) is 48.0 Å². The molecule has 2 aliphatic rings. The summed E-state index contributed by atoms with van der Waals surface area (Å²) in [6.45, 7) is 1.98. The van der Waals surface area contributed by atoms with E-state index in [9.17, 15) is 14.6 Å². The maximum Gasteiger partial charge on any atom is 0.146 e. The van der Waals surface area contributed by atoms with Crippen LogP contribution in [0.1, 0.15) is 13.3 Å². The van der Waals surface area contributed by atoms with Crippen LogP contribution in [0, 0.1) is 17.7 Å². The molecule has 2 aromatic heterocycles. The molecule has 2 saturated carbocycles. The van der Waals surface area contributed by atoms with Gasteiger partial charge in [0.1, 0.15) is 29.7 Å². The van der Waals surface area contributed by atoms with Crippen LogP contribution in [0.5, 0.6) is 0 Å². The van der Waals surface area contributed by atoms with Crippen molar-refractivity contribution in [2.45, 2.75) is 31.1 Å². The minimum Gasteiger partial charge on any atom is -0.390 e. The van der Waals surface area contributed by atoms with E-state index in [0.29, 0.717) is 11.5 Å². The van der Waals surface area contributed by atoms with Gasteiger partial charge < -0.3 is 20.1 Å². The highest BCUT2D eigenvalue weighted by Gasteiger charge is 2.71. The minimum absolute atomic E-state index is 0.000438. The van der Waals surface area contributed by atoms with Crippen LogP contribution in [0.15, 0.2) is 67.1 Å². The number of aromatic nitrogens is 3. The molecule has 1 unspecified atom stereocenters. The predicted molar refractivity (Wildman–Crippen MR) is 120 cm³/mol. The molecule has 2 fully saturated rings. The highest BCUT2D eigenvalue weighted by atomic mass is 19.1. The first kappa shape index (κ1) is 19.4. The summed E-state index contributed by atoms with van der Waals surface area (Å²) in [6.07, 6.45) is 2.61. The molecule has 0 saturated heterocycles. The number of nitrogens with one attached hydrogen (secondary N) is 1. The standard InChI is InChI=1S/C25H23FN4O2/c1-14-19-11-25(19,22(32)21(14)31)30-12-18(15-7-9-16(26)10-8-15)20-23(27-13-28-24(20)30)29-17-5-3-2-4-6-17/h2-10,12-14,19,21-22,31-32H,11H2,1H3,(H,27,28,29)/t14-,19-,21-,22?,25+/m0/s1. The first-order chi connectivity index (χ1) is 15.5. The molecule has 6 rings (SSSR count). The number of aliphatic hydroxyl groups excluding tert-OH is 2. The van der Waals surface area contributed by atoms with Crippen LogP contribution in [0.25, 0.3) is 22.2 Å². The van der Waals surface area contributed by atoms with Gasteiger partial charge in [-0.25, -0.2) is 14.4 Å². The predicted octanol–water partition coefficient (Wildman–Crippen LogP) is 4.07. The van der Waals surface area contributed by atoms with Gasteiger partial charge in [-0.3, -0.25) is 0 Å². The number of hydrogen-bond acceptors (Lipinski definition) is 5. The average Bonchev–Trinajstić information content (AvgIpc) is 3.39. The lowest BCUT2D eigenvalue weighted by molar-refractivity contribution is -0.0138. The van der Waals surface area contributed by atoms with Crippen molar-refractivity contribution in [2.24, 2.45) is 11.8 Å². The second-order valence-electron chi connectivity index (χ2n) is 8.93. The van der Waals surface area contributed by atoms with Gasteiger partial charge >= 0.3 is 0 Å². The zero-order valence-electron chi connectivity index (χ0n) is 17.5. The Balaban J connectivity index is 1.58. The molecule has 2 aliphatic carbocycles. The van der Waals surface area contributed by atoms with Crippen molar-refractivity contribution in [3.05, 3.63) is 72.9 Å². The number of halogens is 1. The molecule has 0 spiro atoms. The molecule has 0 amide bonds. The van der Waals surface area contributed by atoms with Gasteiger partial charge in [0.25, 0.3) is 0 Å². The number of fused-ring (bicyclic) bond motifs is 2. The summed E-state index contributed by atoms with van der Waals surface area (Å²) in [5.74, 6) is 0.500. The van der Waals surface area contributed by atoms with Gasteiger partial charge in [0, 0.05) is 17.4 Å². The fraction of sp³-hybridized carbons (Fsp3) is 0.280. The Hall–Kier alpha value is -3.29. The quantitative estimate of drug-likeness (QED) is 0.455. The van der Waals surface area contributed by atoms with E-state index in [0.717, 1.165) is 28.6 Å². The number of hydrogen-bond donors (Lipinski definition) is 3. The van der Waals surface area contributed by atoms with Crippen molar-refractivity contribution in [3.8, 4) is 11.1 Å². The monoisotopic (exact) mass is 430 g/mol. The molecule has 5 atom stereocenters. The first-order valence-electron chi connectivity index (χ1n) is 10.8. The molecule has 3 N–H and O–H groups in total. The highest BCUT2D eigenvalue weighted by molar-refractivity contribution is 6.02. The van der Waals surface area contributed by atoms with Gasteiger partial charge in [0.15, 0.2) is 0 Å². The summed E-state index contributed by atoms with van der Waals surface area (Å²) in [6, 6.07) is 16.1. The molecule has 7 heteroatoms. The maximum absolute atomic E-state index is 13.6.